The van der Waals surface area contributed by atoms with Crippen LogP contribution in [0.3, 0.4) is 0 Å². The number of aryl methyl sites for hydroxylation is 1. The highest BCUT2D eigenvalue weighted by atomic mass is 16.6. The summed E-state index contributed by atoms with van der Waals surface area (Å²) in [6.07, 6.45) is 4.71. The largest absolute Gasteiger partial charge is 0.462 e. The van der Waals surface area contributed by atoms with Crippen LogP contribution < -0.4 is 5.32 Å². The Labute approximate surface area is 182 Å². The lowest BCUT2D eigenvalue weighted by molar-refractivity contribution is -0.138. The van der Waals surface area contributed by atoms with Gasteiger partial charge in [0.2, 0.25) is 0 Å². The Morgan fingerprint density at radius 2 is 1.52 bits per heavy atom. The number of rotatable bonds is 6. The number of hydrogen-bond acceptors (Lipinski definition) is 7. The number of aromatic nitrogens is 1. The average molecular weight is 431 g/mol. The fraction of sp³-hybridized carbons (Fsp3) is 0.565. The van der Waals surface area contributed by atoms with Gasteiger partial charge in [0.05, 0.1) is 31.1 Å². The molecule has 1 amide bonds. The van der Waals surface area contributed by atoms with Crippen molar-refractivity contribution in [1.29, 1.82) is 0 Å². The van der Waals surface area contributed by atoms with E-state index in [2.05, 4.69) is 5.32 Å². The van der Waals surface area contributed by atoms with E-state index in [9.17, 15) is 14.4 Å². The van der Waals surface area contributed by atoms with Crippen LogP contribution in [-0.4, -0.2) is 42.8 Å². The van der Waals surface area contributed by atoms with Gasteiger partial charge >= 0.3 is 18.0 Å². The van der Waals surface area contributed by atoms with Crippen molar-refractivity contribution in [3.05, 3.63) is 33.8 Å². The van der Waals surface area contributed by atoms with Crippen LogP contribution in [0.4, 0.5) is 4.79 Å². The molecular formula is C23H30N2O6. The van der Waals surface area contributed by atoms with Gasteiger partial charge in [0.25, 0.3) is 0 Å². The first-order valence-corrected chi connectivity index (χ1v) is 11.1. The van der Waals surface area contributed by atoms with E-state index in [1.165, 1.54) is 0 Å². The van der Waals surface area contributed by atoms with E-state index < -0.39 is 12.1 Å². The summed E-state index contributed by atoms with van der Waals surface area (Å²) in [5.41, 5.74) is 4.37. The summed E-state index contributed by atoms with van der Waals surface area (Å²) in [6, 6.07) is 0. The molecule has 1 aromatic rings. The van der Waals surface area contributed by atoms with Crippen molar-refractivity contribution >= 4 is 23.6 Å². The van der Waals surface area contributed by atoms with Crippen LogP contribution in [-0.2, 0) is 38.3 Å². The predicted molar refractivity (Wildman–Crippen MR) is 113 cm³/mol. The second-order valence-corrected chi connectivity index (χ2v) is 7.44. The fourth-order valence-electron chi connectivity index (χ4n) is 4.25. The number of amides is 1. The monoisotopic (exact) mass is 430 g/mol. The standard InChI is InChI=1S/C23H30N2O6/c1-4-29-21(26)18-14-10-7-8-13-17(14)24-19-15(18)11-9-12-16(19)20(22(27)30-5-2)25-23(28)31-6-3/h4-13H2,1-3H3,(H,25,28)/b20-16-. The summed E-state index contributed by atoms with van der Waals surface area (Å²) in [4.78, 5) is 42.7. The number of allylic oxidation sites excluding steroid dienone is 1. The Morgan fingerprint density at radius 3 is 2.23 bits per heavy atom. The molecule has 31 heavy (non-hydrogen) atoms. The first-order chi connectivity index (χ1) is 15.0. The van der Waals surface area contributed by atoms with Crippen LogP contribution in [0, 0.1) is 0 Å². The number of nitrogens with one attached hydrogen (secondary N) is 1. The van der Waals surface area contributed by atoms with Crippen molar-refractivity contribution in [2.75, 3.05) is 19.8 Å². The molecule has 8 heteroatoms. The van der Waals surface area contributed by atoms with Crippen LogP contribution >= 0.6 is 0 Å². The maximum Gasteiger partial charge on any atom is 0.411 e. The minimum atomic E-state index is -0.728. The van der Waals surface area contributed by atoms with Crippen LogP contribution in [0.1, 0.15) is 79.3 Å². The molecule has 0 unspecified atom stereocenters. The van der Waals surface area contributed by atoms with Crippen molar-refractivity contribution in [1.82, 2.24) is 10.3 Å². The van der Waals surface area contributed by atoms with Crippen LogP contribution in [0.5, 0.6) is 0 Å². The minimum absolute atomic E-state index is 0.0271. The third-order valence-electron chi connectivity index (χ3n) is 5.48. The first-order valence-electron chi connectivity index (χ1n) is 11.1. The number of nitrogens with zero attached hydrogens (tertiary/aromatic N) is 1. The summed E-state index contributed by atoms with van der Waals surface area (Å²) in [5.74, 6) is -0.993. The summed E-state index contributed by atoms with van der Waals surface area (Å²) in [6.45, 7) is 5.79. The molecule has 2 aliphatic rings. The van der Waals surface area contributed by atoms with Crippen molar-refractivity contribution in [3.63, 3.8) is 0 Å². The van der Waals surface area contributed by atoms with Crippen LogP contribution in [0.2, 0.25) is 0 Å². The maximum absolute atomic E-state index is 12.9. The highest BCUT2D eigenvalue weighted by Crippen LogP contribution is 2.38. The van der Waals surface area contributed by atoms with E-state index in [1.807, 2.05) is 0 Å². The fourth-order valence-corrected chi connectivity index (χ4v) is 4.25. The number of carbonyl (C=O) groups excluding carboxylic acids is 3. The Kier molecular flexibility index (Phi) is 7.65. The topological polar surface area (TPSA) is 104 Å². The van der Waals surface area contributed by atoms with Gasteiger partial charge in [0.1, 0.15) is 5.70 Å². The molecule has 0 atom stereocenters. The normalized spacial score (nSPS) is 16.5. The minimum Gasteiger partial charge on any atom is -0.462 e. The molecule has 0 radical (unpaired) electrons. The molecular weight excluding hydrogens is 400 g/mol. The first kappa shape index (κ1) is 22.8. The number of fused-ring (bicyclic) bond motifs is 2. The lowest BCUT2D eigenvalue weighted by atomic mass is 9.82. The van der Waals surface area contributed by atoms with Gasteiger partial charge in [-0.05, 0) is 76.8 Å². The SMILES string of the molecule is CCOC(=O)N/C(C(=O)OCC)=C1/CCCc2c1nc1c(c2C(=O)OCC)CCCC1. The zero-order valence-corrected chi connectivity index (χ0v) is 18.5. The Bertz CT molecular complexity index is 906. The van der Waals surface area contributed by atoms with Gasteiger partial charge in [-0.1, -0.05) is 0 Å². The molecule has 3 rings (SSSR count). The Hall–Kier alpha value is -2.90. The molecule has 0 aliphatic heterocycles. The van der Waals surface area contributed by atoms with Crippen LogP contribution in [0.15, 0.2) is 5.70 Å². The molecule has 0 saturated carbocycles. The number of carbonyl (C=O) groups is 3. The second-order valence-electron chi connectivity index (χ2n) is 7.44. The highest BCUT2D eigenvalue weighted by Gasteiger charge is 2.32. The van der Waals surface area contributed by atoms with Crippen LogP contribution in [0.25, 0.3) is 5.57 Å². The number of hydrogen-bond donors (Lipinski definition) is 1. The quantitative estimate of drug-likeness (QED) is 0.418. The van der Waals surface area contributed by atoms with Gasteiger partial charge in [-0.25, -0.2) is 14.4 Å². The third-order valence-corrected chi connectivity index (χ3v) is 5.48. The summed E-state index contributed by atoms with van der Waals surface area (Å²) in [5, 5.41) is 2.55. The summed E-state index contributed by atoms with van der Waals surface area (Å²) >= 11 is 0. The lowest BCUT2D eigenvalue weighted by Gasteiger charge is -2.27. The molecule has 0 fully saturated rings. The van der Waals surface area contributed by atoms with Crippen molar-refractivity contribution in [2.45, 2.75) is 65.7 Å². The van der Waals surface area contributed by atoms with E-state index in [-0.39, 0.29) is 31.5 Å². The van der Waals surface area contributed by atoms with E-state index in [1.54, 1.807) is 20.8 Å². The highest BCUT2D eigenvalue weighted by molar-refractivity contribution is 6.02. The summed E-state index contributed by atoms with van der Waals surface area (Å²) in [7, 11) is 0. The Morgan fingerprint density at radius 1 is 0.839 bits per heavy atom. The molecule has 1 heterocycles. The average Bonchev–Trinajstić information content (AvgIpc) is 2.76. The Balaban J connectivity index is 2.21. The van der Waals surface area contributed by atoms with E-state index in [4.69, 9.17) is 19.2 Å². The molecule has 0 bridgehead atoms. The molecule has 0 saturated heterocycles. The zero-order chi connectivity index (χ0) is 22.4. The maximum atomic E-state index is 12.9. The van der Waals surface area contributed by atoms with E-state index in [0.717, 1.165) is 42.5 Å². The molecule has 168 valence electrons. The van der Waals surface area contributed by atoms with Gasteiger partial charge in [-0.15, -0.1) is 0 Å². The van der Waals surface area contributed by atoms with Crippen molar-refractivity contribution in [2.24, 2.45) is 0 Å². The predicted octanol–water partition coefficient (Wildman–Crippen LogP) is 3.49. The van der Waals surface area contributed by atoms with Crippen molar-refractivity contribution in [3.8, 4) is 0 Å². The zero-order valence-electron chi connectivity index (χ0n) is 18.5. The molecule has 1 aromatic heterocycles. The number of esters is 2. The number of ether oxygens (including phenoxy) is 3. The molecule has 1 N–H and O–H groups in total. The van der Waals surface area contributed by atoms with Crippen molar-refractivity contribution < 1.29 is 28.6 Å². The molecule has 2 aliphatic carbocycles. The molecule has 0 spiro atoms. The summed E-state index contributed by atoms with van der Waals surface area (Å²) < 4.78 is 15.5. The van der Waals surface area contributed by atoms with Gasteiger partial charge < -0.3 is 14.2 Å². The second kappa shape index (κ2) is 10.4. The van der Waals surface area contributed by atoms with Gasteiger partial charge in [-0.2, -0.15) is 0 Å². The van der Waals surface area contributed by atoms with E-state index >= 15 is 0 Å². The number of alkyl carbamates (subject to hydrolysis) is 1. The molecule has 8 nitrogen and oxygen atoms in total. The van der Waals surface area contributed by atoms with Gasteiger partial charge in [0.15, 0.2) is 0 Å². The molecule has 0 aromatic carbocycles. The number of pyridine rings is 1. The van der Waals surface area contributed by atoms with Gasteiger partial charge in [-0.3, -0.25) is 10.3 Å². The smallest absolute Gasteiger partial charge is 0.411 e. The van der Waals surface area contributed by atoms with Gasteiger partial charge in [0, 0.05) is 11.3 Å². The van der Waals surface area contributed by atoms with E-state index in [0.29, 0.717) is 36.1 Å². The third kappa shape index (κ3) is 4.89. The lowest BCUT2D eigenvalue weighted by Crippen LogP contribution is -2.31.